The lowest BCUT2D eigenvalue weighted by molar-refractivity contribution is 0.0216. The van der Waals surface area contributed by atoms with Gasteiger partial charge in [0.05, 0.1) is 5.39 Å². The highest BCUT2D eigenvalue weighted by Crippen LogP contribution is 2.29. The van der Waals surface area contributed by atoms with Crippen molar-refractivity contribution >= 4 is 27.5 Å². The summed E-state index contributed by atoms with van der Waals surface area (Å²) in [4.78, 5) is 32.4. The van der Waals surface area contributed by atoms with Crippen LogP contribution in [-0.4, -0.2) is 22.0 Å². The SMILES string of the molecule is Cc1nc2sc(C(=O)OC3CCCCC3)c(C)c2c(=O)[nH]1. The van der Waals surface area contributed by atoms with Crippen LogP contribution in [0.5, 0.6) is 0 Å². The van der Waals surface area contributed by atoms with Gasteiger partial charge in [0.1, 0.15) is 21.6 Å². The van der Waals surface area contributed by atoms with Gasteiger partial charge in [-0.1, -0.05) is 6.42 Å². The van der Waals surface area contributed by atoms with E-state index in [1.807, 2.05) is 0 Å². The molecule has 112 valence electrons. The summed E-state index contributed by atoms with van der Waals surface area (Å²) in [6.45, 7) is 3.51. The van der Waals surface area contributed by atoms with Gasteiger partial charge in [-0.2, -0.15) is 0 Å². The fourth-order valence-corrected chi connectivity index (χ4v) is 3.94. The highest BCUT2D eigenvalue weighted by molar-refractivity contribution is 7.20. The molecule has 2 aromatic heterocycles. The third kappa shape index (κ3) is 2.72. The summed E-state index contributed by atoms with van der Waals surface area (Å²) in [5.74, 6) is 0.236. The molecular formula is C15H18N2O3S. The highest BCUT2D eigenvalue weighted by atomic mass is 32.1. The van der Waals surface area contributed by atoms with Gasteiger partial charge < -0.3 is 9.72 Å². The molecule has 1 saturated carbocycles. The standard InChI is InChI=1S/C15H18N2O3S/c1-8-11-13(18)16-9(2)17-14(11)21-12(8)15(19)20-10-6-4-3-5-7-10/h10H,3-7H2,1-2H3,(H,16,17,18). The van der Waals surface area contributed by atoms with E-state index in [0.717, 1.165) is 25.7 Å². The Morgan fingerprint density at radius 3 is 2.71 bits per heavy atom. The number of nitrogens with zero attached hydrogens (tertiary/aromatic N) is 1. The Kier molecular flexibility index (Phi) is 3.80. The van der Waals surface area contributed by atoms with Crippen molar-refractivity contribution in [3.05, 3.63) is 26.6 Å². The number of ether oxygens (including phenoxy) is 1. The summed E-state index contributed by atoms with van der Waals surface area (Å²) >= 11 is 1.24. The molecule has 0 aliphatic heterocycles. The van der Waals surface area contributed by atoms with Gasteiger partial charge in [-0.05, 0) is 45.1 Å². The van der Waals surface area contributed by atoms with Crippen molar-refractivity contribution in [1.29, 1.82) is 0 Å². The van der Waals surface area contributed by atoms with Crippen LogP contribution in [0.4, 0.5) is 0 Å². The number of aromatic nitrogens is 2. The Balaban J connectivity index is 1.93. The minimum atomic E-state index is -0.320. The van der Waals surface area contributed by atoms with Crippen LogP contribution in [0.15, 0.2) is 4.79 Å². The minimum absolute atomic E-state index is 0.0174. The molecule has 5 nitrogen and oxygen atoms in total. The Hall–Kier alpha value is -1.69. The van der Waals surface area contributed by atoms with Crippen LogP contribution in [-0.2, 0) is 4.74 Å². The molecule has 0 amide bonds. The predicted molar refractivity (Wildman–Crippen MR) is 82.0 cm³/mol. The first-order valence-corrected chi connectivity index (χ1v) is 8.09. The first-order valence-electron chi connectivity index (χ1n) is 7.27. The van der Waals surface area contributed by atoms with E-state index in [-0.39, 0.29) is 17.6 Å². The molecule has 3 rings (SSSR count). The number of carbonyl (C=O) groups excluding carboxylic acids is 1. The molecule has 1 fully saturated rings. The lowest BCUT2D eigenvalue weighted by atomic mass is 9.98. The molecule has 0 spiro atoms. The van der Waals surface area contributed by atoms with Crippen molar-refractivity contribution in [1.82, 2.24) is 9.97 Å². The molecule has 1 N–H and O–H groups in total. The number of hydrogen-bond acceptors (Lipinski definition) is 5. The Morgan fingerprint density at radius 2 is 2.00 bits per heavy atom. The van der Waals surface area contributed by atoms with Gasteiger partial charge in [0.15, 0.2) is 0 Å². The van der Waals surface area contributed by atoms with Gasteiger partial charge in [0, 0.05) is 0 Å². The summed E-state index contributed by atoms with van der Waals surface area (Å²) < 4.78 is 5.59. The van der Waals surface area contributed by atoms with E-state index in [4.69, 9.17) is 4.74 Å². The summed E-state index contributed by atoms with van der Waals surface area (Å²) in [7, 11) is 0. The third-order valence-corrected chi connectivity index (χ3v) is 5.10. The van der Waals surface area contributed by atoms with Crippen LogP contribution in [0.25, 0.3) is 10.2 Å². The molecule has 0 radical (unpaired) electrons. The molecule has 0 bridgehead atoms. The molecule has 2 aromatic rings. The number of nitrogens with one attached hydrogen (secondary N) is 1. The maximum Gasteiger partial charge on any atom is 0.348 e. The van der Waals surface area contributed by atoms with Gasteiger partial charge in [0.25, 0.3) is 5.56 Å². The predicted octanol–water partition coefficient (Wildman–Crippen LogP) is 3.09. The van der Waals surface area contributed by atoms with Gasteiger partial charge in [-0.3, -0.25) is 4.79 Å². The Bertz CT molecular complexity index is 741. The van der Waals surface area contributed by atoms with Crippen LogP contribution in [0, 0.1) is 13.8 Å². The van der Waals surface area contributed by atoms with E-state index in [1.165, 1.54) is 17.8 Å². The smallest absolute Gasteiger partial charge is 0.348 e. The molecule has 0 unspecified atom stereocenters. The van der Waals surface area contributed by atoms with E-state index in [1.54, 1.807) is 13.8 Å². The fourth-order valence-electron chi connectivity index (χ4n) is 2.83. The number of aromatic amines is 1. The average Bonchev–Trinajstić information content (AvgIpc) is 2.77. The zero-order valence-corrected chi connectivity index (χ0v) is 13.0. The van der Waals surface area contributed by atoms with Crippen molar-refractivity contribution in [2.45, 2.75) is 52.1 Å². The van der Waals surface area contributed by atoms with E-state index >= 15 is 0 Å². The first-order chi connectivity index (χ1) is 10.1. The summed E-state index contributed by atoms with van der Waals surface area (Å²) in [6, 6.07) is 0. The largest absolute Gasteiger partial charge is 0.458 e. The lowest BCUT2D eigenvalue weighted by Crippen LogP contribution is -2.20. The quantitative estimate of drug-likeness (QED) is 0.865. The van der Waals surface area contributed by atoms with E-state index in [0.29, 0.717) is 26.5 Å². The second-order valence-electron chi connectivity index (χ2n) is 5.55. The molecule has 0 atom stereocenters. The number of carbonyl (C=O) groups is 1. The fraction of sp³-hybridized carbons (Fsp3) is 0.533. The van der Waals surface area contributed by atoms with E-state index in [2.05, 4.69) is 9.97 Å². The molecule has 2 heterocycles. The highest BCUT2D eigenvalue weighted by Gasteiger charge is 2.23. The number of esters is 1. The summed E-state index contributed by atoms with van der Waals surface area (Å²) in [5.41, 5.74) is 0.479. The maximum absolute atomic E-state index is 12.3. The first kappa shape index (κ1) is 14.3. The number of hydrogen-bond donors (Lipinski definition) is 1. The van der Waals surface area contributed by atoms with Gasteiger partial charge in [-0.15, -0.1) is 11.3 Å². The zero-order chi connectivity index (χ0) is 15.0. The van der Waals surface area contributed by atoms with Crippen molar-refractivity contribution in [3.8, 4) is 0 Å². The molecule has 1 aliphatic carbocycles. The van der Waals surface area contributed by atoms with Crippen molar-refractivity contribution in [3.63, 3.8) is 0 Å². The number of H-pyrrole nitrogens is 1. The maximum atomic E-state index is 12.3. The van der Waals surface area contributed by atoms with Crippen LogP contribution in [0.3, 0.4) is 0 Å². The van der Waals surface area contributed by atoms with Crippen LogP contribution in [0.2, 0.25) is 0 Å². The molecular weight excluding hydrogens is 288 g/mol. The van der Waals surface area contributed by atoms with Gasteiger partial charge in [-0.25, -0.2) is 9.78 Å². The Labute approximate surface area is 126 Å². The molecule has 6 heteroatoms. The number of thiophene rings is 1. The zero-order valence-electron chi connectivity index (χ0n) is 12.2. The average molecular weight is 306 g/mol. The Morgan fingerprint density at radius 1 is 1.29 bits per heavy atom. The lowest BCUT2D eigenvalue weighted by Gasteiger charge is -2.21. The van der Waals surface area contributed by atoms with Gasteiger partial charge in [0.2, 0.25) is 0 Å². The normalized spacial score (nSPS) is 16.3. The second kappa shape index (κ2) is 5.60. The topological polar surface area (TPSA) is 72.0 Å². The molecule has 0 aromatic carbocycles. The van der Waals surface area contributed by atoms with E-state index < -0.39 is 0 Å². The van der Waals surface area contributed by atoms with Crippen LogP contribution < -0.4 is 5.56 Å². The van der Waals surface area contributed by atoms with Crippen LogP contribution >= 0.6 is 11.3 Å². The van der Waals surface area contributed by atoms with Gasteiger partial charge >= 0.3 is 5.97 Å². The van der Waals surface area contributed by atoms with Crippen molar-refractivity contribution in [2.75, 3.05) is 0 Å². The van der Waals surface area contributed by atoms with Crippen molar-refractivity contribution in [2.24, 2.45) is 0 Å². The number of rotatable bonds is 2. The van der Waals surface area contributed by atoms with E-state index in [9.17, 15) is 9.59 Å². The van der Waals surface area contributed by atoms with Crippen LogP contribution in [0.1, 0.15) is 53.2 Å². The molecule has 0 saturated heterocycles. The summed E-state index contributed by atoms with van der Waals surface area (Å²) in [6.07, 6.45) is 5.34. The van der Waals surface area contributed by atoms with Crippen molar-refractivity contribution < 1.29 is 9.53 Å². The third-order valence-electron chi connectivity index (χ3n) is 3.93. The summed E-state index contributed by atoms with van der Waals surface area (Å²) in [5, 5.41) is 0.501. The second-order valence-corrected chi connectivity index (χ2v) is 6.55. The number of fused-ring (bicyclic) bond motifs is 1. The number of aryl methyl sites for hydroxylation is 2. The molecule has 1 aliphatic rings. The monoisotopic (exact) mass is 306 g/mol. The molecule has 21 heavy (non-hydrogen) atoms. The minimum Gasteiger partial charge on any atom is -0.458 e.